The van der Waals surface area contributed by atoms with Gasteiger partial charge in [0.25, 0.3) is 0 Å². The lowest BCUT2D eigenvalue weighted by Crippen LogP contribution is -2.17. The first-order chi connectivity index (χ1) is 9.91. The summed E-state index contributed by atoms with van der Waals surface area (Å²) in [5.74, 6) is 0.813. The summed E-state index contributed by atoms with van der Waals surface area (Å²) in [7, 11) is 1.87. The molecule has 2 aromatic rings. The predicted octanol–water partition coefficient (Wildman–Crippen LogP) is 1.32. The quantitative estimate of drug-likeness (QED) is 0.803. The molecular weight excluding hydrogens is 292 g/mol. The lowest BCUT2D eigenvalue weighted by Gasteiger charge is -2.18. The van der Waals surface area contributed by atoms with Crippen molar-refractivity contribution in [2.75, 3.05) is 5.75 Å². The summed E-state index contributed by atoms with van der Waals surface area (Å²) < 4.78 is 3.77. The van der Waals surface area contributed by atoms with Crippen molar-refractivity contribution in [2.45, 2.75) is 37.9 Å². The van der Waals surface area contributed by atoms with Gasteiger partial charge in [0.15, 0.2) is 11.0 Å². The zero-order valence-electron chi connectivity index (χ0n) is 12.4. The first kappa shape index (κ1) is 15.5. The third kappa shape index (κ3) is 3.23. The topological polar surface area (TPSA) is 98.7 Å². The van der Waals surface area contributed by atoms with E-state index in [0.717, 1.165) is 23.4 Å². The molecule has 0 aliphatic heterocycles. The fourth-order valence-corrected chi connectivity index (χ4v) is 2.80. The van der Waals surface area contributed by atoms with Gasteiger partial charge in [0, 0.05) is 13.0 Å². The van der Waals surface area contributed by atoms with Crippen molar-refractivity contribution in [1.29, 1.82) is 0 Å². The van der Waals surface area contributed by atoms with Gasteiger partial charge < -0.3 is 9.67 Å². The number of thioether (sulfide) groups is 1. The first-order valence-electron chi connectivity index (χ1n) is 6.55. The minimum absolute atomic E-state index is 0.0538. The van der Waals surface area contributed by atoms with Crippen LogP contribution in [0, 0.1) is 0 Å². The average molecular weight is 310 g/mol. The average Bonchev–Trinajstić information content (AvgIpc) is 3.01. The van der Waals surface area contributed by atoms with Crippen LogP contribution in [0.4, 0.5) is 0 Å². The molecule has 1 unspecified atom stereocenters. The van der Waals surface area contributed by atoms with Gasteiger partial charge in [-0.25, -0.2) is 0 Å². The van der Waals surface area contributed by atoms with Crippen LogP contribution in [0.5, 0.6) is 0 Å². The van der Waals surface area contributed by atoms with Gasteiger partial charge in [0.05, 0.1) is 11.8 Å². The standard InChI is InChI=1S/C12H18N6O2S/c1-7(2)10-15-16-12(21-5-9(19)20)18(10)8(3)11-14-13-6-17(11)4/h6-8H,5H2,1-4H3,(H,19,20). The van der Waals surface area contributed by atoms with Gasteiger partial charge in [-0.1, -0.05) is 25.6 Å². The Morgan fingerprint density at radius 3 is 2.52 bits per heavy atom. The Morgan fingerprint density at radius 1 is 1.29 bits per heavy atom. The normalized spacial score (nSPS) is 12.8. The fourth-order valence-electron chi connectivity index (χ4n) is 2.06. The number of nitrogens with zero attached hydrogens (tertiary/aromatic N) is 6. The van der Waals surface area contributed by atoms with Crippen LogP contribution >= 0.6 is 11.8 Å². The van der Waals surface area contributed by atoms with Crippen molar-refractivity contribution in [3.8, 4) is 0 Å². The molecule has 0 saturated heterocycles. The maximum atomic E-state index is 10.8. The maximum Gasteiger partial charge on any atom is 0.313 e. The van der Waals surface area contributed by atoms with E-state index in [0.29, 0.717) is 5.16 Å². The van der Waals surface area contributed by atoms with E-state index in [4.69, 9.17) is 5.11 Å². The van der Waals surface area contributed by atoms with Crippen molar-refractivity contribution >= 4 is 17.7 Å². The molecule has 0 radical (unpaired) electrons. The summed E-state index contributed by atoms with van der Waals surface area (Å²) in [4.78, 5) is 10.8. The number of carboxylic acids is 1. The Labute approximate surface area is 126 Å². The van der Waals surface area contributed by atoms with E-state index in [1.54, 1.807) is 6.33 Å². The largest absolute Gasteiger partial charge is 0.481 e. The van der Waals surface area contributed by atoms with Crippen LogP contribution in [0.2, 0.25) is 0 Å². The summed E-state index contributed by atoms with van der Waals surface area (Å²) >= 11 is 1.16. The lowest BCUT2D eigenvalue weighted by molar-refractivity contribution is -0.133. The monoisotopic (exact) mass is 310 g/mol. The van der Waals surface area contributed by atoms with Crippen molar-refractivity contribution in [2.24, 2.45) is 7.05 Å². The number of carbonyl (C=O) groups is 1. The van der Waals surface area contributed by atoms with Crippen LogP contribution in [0.1, 0.15) is 44.4 Å². The van der Waals surface area contributed by atoms with Crippen LogP contribution in [-0.4, -0.2) is 46.4 Å². The van der Waals surface area contributed by atoms with Crippen molar-refractivity contribution in [3.05, 3.63) is 18.0 Å². The van der Waals surface area contributed by atoms with Crippen LogP contribution in [-0.2, 0) is 11.8 Å². The lowest BCUT2D eigenvalue weighted by atomic mass is 10.2. The summed E-state index contributed by atoms with van der Waals surface area (Å²) in [6, 6.07) is -0.124. The smallest absolute Gasteiger partial charge is 0.313 e. The zero-order chi connectivity index (χ0) is 15.6. The highest BCUT2D eigenvalue weighted by atomic mass is 32.2. The maximum absolute atomic E-state index is 10.8. The summed E-state index contributed by atoms with van der Waals surface area (Å²) in [5.41, 5.74) is 0. The van der Waals surface area contributed by atoms with Gasteiger partial charge in [-0.3, -0.25) is 9.36 Å². The molecule has 0 bridgehead atoms. The Morgan fingerprint density at radius 2 is 2.00 bits per heavy atom. The predicted molar refractivity (Wildman–Crippen MR) is 77.3 cm³/mol. The minimum atomic E-state index is -0.882. The molecular formula is C12H18N6O2S. The van der Waals surface area contributed by atoms with E-state index in [1.165, 1.54) is 0 Å². The SMILES string of the molecule is CC(C)c1nnc(SCC(=O)O)n1C(C)c1nncn1C. The highest BCUT2D eigenvalue weighted by Crippen LogP contribution is 2.28. The number of aliphatic carboxylic acids is 1. The molecule has 0 aliphatic carbocycles. The number of rotatable bonds is 6. The van der Waals surface area contributed by atoms with E-state index >= 15 is 0 Å². The van der Waals surface area contributed by atoms with E-state index in [2.05, 4.69) is 20.4 Å². The molecule has 1 N–H and O–H groups in total. The first-order valence-corrected chi connectivity index (χ1v) is 7.53. The van der Waals surface area contributed by atoms with Crippen molar-refractivity contribution in [1.82, 2.24) is 29.5 Å². The molecule has 1 atom stereocenters. The van der Waals surface area contributed by atoms with Crippen LogP contribution in [0.25, 0.3) is 0 Å². The molecule has 114 valence electrons. The van der Waals surface area contributed by atoms with Crippen LogP contribution in [0.15, 0.2) is 11.5 Å². The van der Waals surface area contributed by atoms with Gasteiger partial charge in [-0.2, -0.15) is 0 Å². The second-order valence-electron chi connectivity index (χ2n) is 5.02. The Kier molecular flexibility index (Phi) is 4.61. The van der Waals surface area contributed by atoms with E-state index in [-0.39, 0.29) is 17.7 Å². The number of hydrogen-bond acceptors (Lipinski definition) is 6. The summed E-state index contributed by atoms with van der Waals surface area (Å²) in [5, 5.41) is 25.8. The third-order valence-corrected chi connectivity index (χ3v) is 3.97. The fraction of sp³-hybridized carbons (Fsp3) is 0.583. The molecule has 0 fully saturated rings. The van der Waals surface area contributed by atoms with E-state index < -0.39 is 5.97 Å². The Bertz CT molecular complexity index is 635. The highest BCUT2D eigenvalue weighted by Gasteiger charge is 2.24. The molecule has 9 heteroatoms. The van der Waals surface area contributed by atoms with Crippen molar-refractivity contribution < 1.29 is 9.90 Å². The second kappa shape index (κ2) is 6.25. The van der Waals surface area contributed by atoms with E-state index in [9.17, 15) is 4.79 Å². The molecule has 2 heterocycles. The molecule has 2 aromatic heterocycles. The molecule has 0 aromatic carbocycles. The van der Waals surface area contributed by atoms with Gasteiger partial charge in [0.1, 0.15) is 12.2 Å². The van der Waals surface area contributed by atoms with Gasteiger partial charge in [-0.15, -0.1) is 20.4 Å². The third-order valence-electron chi connectivity index (χ3n) is 3.04. The number of carboxylic acid groups (broad SMARTS) is 1. The highest BCUT2D eigenvalue weighted by molar-refractivity contribution is 7.99. The number of hydrogen-bond donors (Lipinski definition) is 1. The Hall–Kier alpha value is -1.90. The van der Waals surface area contributed by atoms with Gasteiger partial charge in [0.2, 0.25) is 0 Å². The molecule has 0 aliphatic rings. The molecule has 0 amide bonds. The molecule has 0 spiro atoms. The number of aromatic nitrogens is 6. The summed E-state index contributed by atoms with van der Waals surface area (Å²) in [6.07, 6.45) is 1.63. The van der Waals surface area contributed by atoms with Gasteiger partial charge in [-0.05, 0) is 6.92 Å². The Balaban J connectivity index is 2.41. The van der Waals surface area contributed by atoms with Crippen LogP contribution < -0.4 is 0 Å². The molecule has 0 saturated carbocycles. The zero-order valence-corrected chi connectivity index (χ0v) is 13.2. The summed E-state index contributed by atoms with van der Waals surface area (Å²) in [6.45, 7) is 6.02. The molecule has 2 rings (SSSR count). The van der Waals surface area contributed by atoms with Crippen LogP contribution in [0.3, 0.4) is 0 Å². The second-order valence-corrected chi connectivity index (χ2v) is 5.97. The van der Waals surface area contributed by atoms with Gasteiger partial charge >= 0.3 is 5.97 Å². The molecule has 8 nitrogen and oxygen atoms in total. The van der Waals surface area contributed by atoms with Crippen molar-refractivity contribution in [3.63, 3.8) is 0 Å². The molecule has 21 heavy (non-hydrogen) atoms. The minimum Gasteiger partial charge on any atom is -0.481 e. The number of aryl methyl sites for hydroxylation is 1. The van der Waals surface area contributed by atoms with E-state index in [1.807, 2.05) is 37.0 Å².